The largest absolute Gasteiger partial charge is 0.330 e. The summed E-state index contributed by atoms with van der Waals surface area (Å²) >= 11 is 4.91. The molecule has 0 saturated heterocycles. The summed E-state index contributed by atoms with van der Waals surface area (Å²) in [6, 6.07) is 7.63. The number of halogens is 1. The molecule has 1 aromatic carbocycles. The van der Waals surface area contributed by atoms with E-state index in [-0.39, 0.29) is 5.78 Å². The van der Waals surface area contributed by atoms with Crippen molar-refractivity contribution in [2.45, 2.75) is 6.42 Å². The molecular formula is C13H12BrNOS. The molecule has 1 aromatic heterocycles. The summed E-state index contributed by atoms with van der Waals surface area (Å²) in [5, 5.41) is 3.78. The van der Waals surface area contributed by atoms with E-state index in [4.69, 9.17) is 5.73 Å². The Bertz CT molecular complexity index is 536. The maximum absolute atomic E-state index is 12.4. The van der Waals surface area contributed by atoms with Crippen LogP contribution in [0.4, 0.5) is 0 Å². The first-order valence-electron chi connectivity index (χ1n) is 5.28. The van der Waals surface area contributed by atoms with E-state index in [0.29, 0.717) is 6.54 Å². The van der Waals surface area contributed by atoms with Gasteiger partial charge >= 0.3 is 0 Å². The van der Waals surface area contributed by atoms with Crippen molar-refractivity contribution in [2.24, 2.45) is 5.73 Å². The Morgan fingerprint density at radius 2 is 2.00 bits per heavy atom. The van der Waals surface area contributed by atoms with E-state index in [9.17, 15) is 4.79 Å². The van der Waals surface area contributed by atoms with Gasteiger partial charge in [-0.05, 0) is 34.5 Å². The van der Waals surface area contributed by atoms with Gasteiger partial charge in [-0.2, -0.15) is 11.3 Å². The van der Waals surface area contributed by atoms with Crippen molar-refractivity contribution in [2.75, 3.05) is 6.54 Å². The lowest BCUT2D eigenvalue weighted by Gasteiger charge is -2.06. The SMILES string of the molecule is NCCc1ccccc1C(=O)c1cscc1Br. The lowest BCUT2D eigenvalue weighted by molar-refractivity contribution is 0.103. The first-order chi connectivity index (χ1) is 8.24. The van der Waals surface area contributed by atoms with Crippen LogP contribution in [0.5, 0.6) is 0 Å². The highest BCUT2D eigenvalue weighted by atomic mass is 79.9. The van der Waals surface area contributed by atoms with Gasteiger partial charge in [0.1, 0.15) is 0 Å². The van der Waals surface area contributed by atoms with E-state index in [2.05, 4.69) is 15.9 Å². The molecule has 88 valence electrons. The van der Waals surface area contributed by atoms with Crippen molar-refractivity contribution < 1.29 is 4.79 Å². The molecule has 0 aliphatic carbocycles. The molecule has 0 saturated carbocycles. The number of thiophene rings is 1. The molecule has 2 aromatic rings. The summed E-state index contributed by atoms with van der Waals surface area (Å²) in [4.78, 5) is 12.4. The summed E-state index contributed by atoms with van der Waals surface area (Å²) in [5.74, 6) is 0.0576. The van der Waals surface area contributed by atoms with Crippen LogP contribution in [-0.4, -0.2) is 12.3 Å². The average molecular weight is 310 g/mol. The van der Waals surface area contributed by atoms with Gasteiger partial charge in [0.05, 0.1) is 0 Å². The number of carbonyl (C=O) groups excluding carboxylic acids is 1. The minimum absolute atomic E-state index is 0.0576. The summed E-state index contributed by atoms with van der Waals surface area (Å²) in [6.07, 6.45) is 0.726. The van der Waals surface area contributed by atoms with Crippen molar-refractivity contribution in [3.8, 4) is 0 Å². The predicted octanol–water partition coefficient (Wildman–Crippen LogP) is 3.24. The van der Waals surface area contributed by atoms with Crippen molar-refractivity contribution in [3.05, 3.63) is 56.2 Å². The van der Waals surface area contributed by atoms with Crippen molar-refractivity contribution >= 4 is 33.0 Å². The van der Waals surface area contributed by atoms with Gasteiger partial charge in [-0.3, -0.25) is 4.79 Å². The van der Waals surface area contributed by atoms with Gasteiger partial charge in [0.15, 0.2) is 5.78 Å². The Morgan fingerprint density at radius 1 is 1.24 bits per heavy atom. The lowest BCUT2D eigenvalue weighted by Crippen LogP contribution is -2.09. The number of benzene rings is 1. The molecule has 0 atom stereocenters. The molecule has 0 aliphatic heterocycles. The highest BCUT2D eigenvalue weighted by molar-refractivity contribution is 9.10. The number of hydrogen-bond donors (Lipinski definition) is 1. The Morgan fingerprint density at radius 3 is 2.65 bits per heavy atom. The molecule has 0 spiro atoms. The molecule has 2 nitrogen and oxygen atoms in total. The number of carbonyl (C=O) groups is 1. The van der Waals surface area contributed by atoms with Crippen LogP contribution in [0.15, 0.2) is 39.5 Å². The fourth-order valence-electron chi connectivity index (χ4n) is 1.70. The molecule has 0 bridgehead atoms. The van der Waals surface area contributed by atoms with Gasteiger partial charge in [0, 0.05) is 26.4 Å². The summed E-state index contributed by atoms with van der Waals surface area (Å²) in [6.45, 7) is 0.551. The van der Waals surface area contributed by atoms with Crippen LogP contribution in [0.25, 0.3) is 0 Å². The van der Waals surface area contributed by atoms with Gasteiger partial charge in [-0.1, -0.05) is 24.3 Å². The highest BCUT2D eigenvalue weighted by Gasteiger charge is 2.15. The van der Waals surface area contributed by atoms with Crippen molar-refractivity contribution in [1.29, 1.82) is 0 Å². The third-order valence-electron chi connectivity index (χ3n) is 2.53. The Balaban J connectivity index is 2.40. The number of nitrogens with two attached hydrogens (primary N) is 1. The number of hydrogen-bond acceptors (Lipinski definition) is 3. The van der Waals surface area contributed by atoms with Gasteiger partial charge in [-0.15, -0.1) is 0 Å². The van der Waals surface area contributed by atoms with Crippen molar-refractivity contribution in [1.82, 2.24) is 0 Å². The Hall–Kier alpha value is -0.970. The van der Waals surface area contributed by atoms with Crippen LogP contribution in [0.1, 0.15) is 21.5 Å². The van der Waals surface area contributed by atoms with E-state index in [1.807, 2.05) is 35.0 Å². The lowest BCUT2D eigenvalue weighted by atomic mass is 9.98. The molecule has 4 heteroatoms. The molecule has 0 radical (unpaired) electrons. The zero-order valence-corrected chi connectivity index (χ0v) is 11.6. The fourth-order valence-corrected chi connectivity index (χ4v) is 3.16. The van der Waals surface area contributed by atoms with E-state index < -0.39 is 0 Å². The molecule has 2 rings (SSSR count). The average Bonchev–Trinajstić information content (AvgIpc) is 2.76. The molecular weight excluding hydrogens is 298 g/mol. The van der Waals surface area contributed by atoms with E-state index in [1.165, 1.54) is 11.3 Å². The summed E-state index contributed by atoms with van der Waals surface area (Å²) < 4.78 is 0.857. The zero-order chi connectivity index (χ0) is 12.3. The van der Waals surface area contributed by atoms with Gasteiger partial charge < -0.3 is 5.73 Å². The van der Waals surface area contributed by atoms with Gasteiger partial charge in [0.25, 0.3) is 0 Å². The van der Waals surface area contributed by atoms with Crippen LogP contribution in [0.2, 0.25) is 0 Å². The van der Waals surface area contributed by atoms with Crippen LogP contribution >= 0.6 is 27.3 Å². The number of rotatable bonds is 4. The minimum atomic E-state index is 0.0576. The standard InChI is InChI=1S/C13H12BrNOS/c14-12-8-17-7-11(12)13(16)10-4-2-1-3-9(10)5-6-15/h1-4,7-8H,5-6,15H2. The van der Waals surface area contributed by atoms with Crippen LogP contribution < -0.4 is 5.73 Å². The Kier molecular flexibility index (Phi) is 4.10. The zero-order valence-electron chi connectivity index (χ0n) is 9.15. The highest BCUT2D eigenvalue weighted by Crippen LogP contribution is 2.25. The third kappa shape index (κ3) is 2.65. The molecule has 0 fully saturated rings. The van der Waals surface area contributed by atoms with Crippen LogP contribution in [-0.2, 0) is 6.42 Å². The second kappa shape index (κ2) is 5.58. The first kappa shape index (κ1) is 12.5. The first-order valence-corrected chi connectivity index (χ1v) is 7.02. The molecule has 0 aliphatic rings. The molecule has 1 heterocycles. The molecule has 0 unspecified atom stereocenters. The normalized spacial score (nSPS) is 10.5. The second-order valence-corrected chi connectivity index (χ2v) is 5.26. The summed E-state index contributed by atoms with van der Waals surface area (Å²) in [7, 11) is 0. The molecule has 2 N–H and O–H groups in total. The van der Waals surface area contributed by atoms with E-state index >= 15 is 0 Å². The monoisotopic (exact) mass is 309 g/mol. The van der Waals surface area contributed by atoms with Crippen LogP contribution in [0, 0.1) is 0 Å². The number of ketones is 1. The second-order valence-electron chi connectivity index (χ2n) is 3.66. The van der Waals surface area contributed by atoms with E-state index in [0.717, 1.165) is 27.6 Å². The maximum Gasteiger partial charge on any atom is 0.195 e. The third-order valence-corrected chi connectivity index (χ3v) is 4.24. The fraction of sp³-hybridized carbons (Fsp3) is 0.154. The van der Waals surface area contributed by atoms with Crippen LogP contribution in [0.3, 0.4) is 0 Å². The molecule has 0 amide bonds. The summed E-state index contributed by atoms with van der Waals surface area (Å²) in [5.41, 5.74) is 8.04. The topological polar surface area (TPSA) is 43.1 Å². The smallest absolute Gasteiger partial charge is 0.195 e. The molecule has 17 heavy (non-hydrogen) atoms. The van der Waals surface area contributed by atoms with Gasteiger partial charge in [-0.25, -0.2) is 0 Å². The van der Waals surface area contributed by atoms with E-state index in [1.54, 1.807) is 0 Å². The Labute approximate surface area is 113 Å². The predicted molar refractivity (Wildman–Crippen MR) is 74.7 cm³/mol. The van der Waals surface area contributed by atoms with Gasteiger partial charge in [0.2, 0.25) is 0 Å². The minimum Gasteiger partial charge on any atom is -0.330 e. The quantitative estimate of drug-likeness (QED) is 0.881. The van der Waals surface area contributed by atoms with Crippen molar-refractivity contribution in [3.63, 3.8) is 0 Å². The maximum atomic E-state index is 12.4.